The van der Waals surface area contributed by atoms with Crippen LogP contribution in [0.15, 0.2) is 46.1 Å². The lowest BCUT2D eigenvalue weighted by molar-refractivity contribution is -0.122. The van der Waals surface area contributed by atoms with Crippen LogP contribution >= 0.6 is 11.8 Å². The maximum atomic E-state index is 11.9. The smallest absolute Gasteiger partial charge is 0.267 e. The van der Waals surface area contributed by atoms with E-state index < -0.39 is 0 Å². The van der Waals surface area contributed by atoms with E-state index in [0.717, 1.165) is 18.4 Å². The molecule has 0 saturated heterocycles. The molecule has 22 heavy (non-hydrogen) atoms. The van der Waals surface area contributed by atoms with Gasteiger partial charge in [-0.2, -0.15) is 5.10 Å². The fraction of sp³-hybridized carbons (Fsp3) is 0.312. The number of hydrogen-bond donors (Lipinski definition) is 1. The molecule has 1 aliphatic carbocycles. The summed E-state index contributed by atoms with van der Waals surface area (Å²) in [5.41, 5.74) is 1.34. The van der Waals surface area contributed by atoms with Gasteiger partial charge in [0.05, 0.1) is 5.69 Å². The summed E-state index contributed by atoms with van der Waals surface area (Å²) in [5.74, 6) is -0.160. The van der Waals surface area contributed by atoms with E-state index in [4.69, 9.17) is 0 Å². The van der Waals surface area contributed by atoms with Gasteiger partial charge in [0.1, 0.15) is 6.54 Å². The maximum Gasteiger partial charge on any atom is 0.267 e. The van der Waals surface area contributed by atoms with Crippen molar-refractivity contribution in [1.29, 1.82) is 0 Å². The van der Waals surface area contributed by atoms with Crippen molar-refractivity contribution in [1.82, 2.24) is 15.1 Å². The number of amides is 1. The lowest BCUT2D eigenvalue weighted by Crippen LogP contribution is -2.34. The minimum absolute atomic E-state index is 0.0356. The van der Waals surface area contributed by atoms with Crippen molar-refractivity contribution in [3.05, 3.63) is 46.8 Å². The normalized spacial score (nSPS) is 13.9. The molecule has 6 heteroatoms. The van der Waals surface area contributed by atoms with Crippen molar-refractivity contribution in [3.8, 4) is 11.3 Å². The Morgan fingerprint density at radius 3 is 2.64 bits per heavy atom. The number of carbonyl (C=O) groups excluding carboxylic acids is 1. The molecule has 1 aromatic heterocycles. The van der Waals surface area contributed by atoms with Crippen molar-refractivity contribution < 1.29 is 4.79 Å². The second-order valence-electron chi connectivity index (χ2n) is 5.28. The van der Waals surface area contributed by atoms with E-state index in [9.17, 15) is 9.59 Å². The summed E-state index contributed by atoms with van der Waals surface area (Å²) in [6.45, 7) is -0.0356. The Hall–Kier alpha value is -2.08. The maximum absolute atomic E-state index is 11.9. The number of thioether (sulfide) groups is 1. The zero-order valence-corrected chi connectivity index (χ0v) is 13.1. The summed E-state index contributed by atoms with van der Waals surface area (Å²) in [6.07, 6.45) is 4.07. The second-order valence-corrected chi connectivity index (χ2v) is 6.16. The topological polar surface area (TPSA) is 64.0 Å². The Morgan fingerprint density at radius 1 is 1.27 bits per heavy atom. The fourth-order valence-electron chi connectivity index (χ4n) is 2.11. The first-order valence-corrected chi connectivity index (χ1v) is 8.40. The van der Waals surface area contributed by atoms with Crippen LogP contribution in [-0.4, -0.2) is 28.0 Å². The van der Waals surface area contributed by atoms with E-state index in [1.165, 1.54) is 15.6 Å². The van der Waals surface area contributed by atoms with E-state index in [1.807, 2.05) is 30.5 Å². The van der Waals surface area contributed by atoms with Crippen molar-refractivity contribution >= 4 is 17.7 Å². The van der Waals surface area contributed by atoms with Crippen molar-refractivity contribution in [3.63, 3.8) is 0 Å². The summed E-state index contributed by atoms with van der Waals surface area (Å²) in [4.78, 5) is 24.9. The van der Waals surface area contributed by atoms with E-state index in [1.54, 1.807) is 17.8 Å². The van der Waals surface area contributed by atoms with Gasteiger partial charge in [0.25, 0.3) is 5.56 Å². The van der Waals surface area contributed by atoms with Crippen LogP contribution in [0.2, 0.25) is 0 Å². The standard InChI is InChI=1S/C16H17N3O2S/c1-22-13-6-2-11(3-7-13)14-8-9-16(21)19(18-14)10-15(20)17-12-4-5-12/h2-3,6-9,12H,4-5,10H2,1H3,(H,17,20). The van der Waals surface area contributed by atoms with Crippen molar-refractivity contribution in [2.75, 3.05) is 6.26 Å². The molecule has 1 amide bonds. The van der Waals surface area contributed by atoms with Crippen LogP contribution < -0.4 is 10.9 Å². The Kier molecular flexibility index (Phi) is 4.29. The number of carbonyl (C=O) groups is 1. The molecule has 2 aromatic rings. The minimum atomic E-state index is -0.268. The van der Waals surface area contributed by atoms with Gasteiger partial charge in [-0.25, -0.2) is 4.68 Å². The molecule has 0 bridgehead atoms. The van der Waals surface area contributed by atoms with Crippen LogP contribution in [-0.2, 0) is 11.3 Å². The van der Waals surface area contributed by atoms with Gasteiger partial charge < -0.3 is 5.32 Å². The van der Waals surface area contributed by atoms with Gasteiger partial charge in [0.15, 0.2) is 0 Å². The molecule has 0 unspecified atom stereocenters. The third-order valence-corrected chi connectivity index (χ3v) is 4.23. The first-order chi connectivity index (χ1) is 10.7. The van der Waals surface area contributed by atoms with Gasteiger partial charge >= 0.3 is 0 Å². The van der Waals surface area contributed by atoms with Gasteiger partial charge in [-0.1, -0.05) is 12.1 Å². The van der Waals surface area contributed by atoms with E-state index in [0.29, 0.717) is 5.69 Å². The van der Waals surface area contributed by atoms with E-state index >= 15 is 0 Å². The summed E-state index contributed by atoms with van der Waals surface area (Å²) in [6, 6.07) is 11.4. The number of benzene rings is 1. The van der Waals surface area contributed by atoms with Gasteiger partial charge in [0, 0.05) is 22.6 Å². The van der Waals surface area contributed by atoms with Crippen LogP contribution in [0.5, 0.6) is 0 Å². The summed E-state index contributed by atoms with van der Waals surface area (Å²) >= 11 is 1.67. The zero-order chi connectivity index (χ0) is 15.5. The SMILES string of the molecule is CSc1ccc(-c2ccc(=O)n(CC(=O)NC3CC3)n2)cc1. The van der Waals surface area contributed by atoms with Crippen LogP contribution in [0.4, 0.5) is 0 Å². The largest absolute Gasteiger partial charge is 0.352 e. The molecule has 1 N–H and O–H groups in total. The lowest BCUT2D eigenvalue weighted by Gasteiger charge is -2.08. The Bertz CT molecular complexity index is 736. The van der Waals surface area contributed by atoms with E-state index in [2.05, 4.69) is 10.4 Å². The number of nitrogens with one attached hydrogen (secondary N) is 1. The molecule has 114 valence electrons. The molecule has 1 aliphatic rings. The third-order valence-electron chi connectivity index (χ3n) is 3.49. The van der Waals surface area contributed by atoms with Gasteiger partial charge in [-0.05, 0) is 37.3 Å². The molecule has 1 heterocycles. The average molecular weight is 315 g/mol. The zero-order valence-electron chi connectivity index (χ0n) is 12.3. The first kappa shape index (κ1) is 14.8. The summed E-state index contributed by atoms with van der Waals surface area (Å²) in [7, 11) is 0. The summed E-state index contributed by atoms with van der Waals surface area (Å²) < 4.78 is 1.22. The predicted octanol–water partition coefficient (Wildman–Crippen LogP) is 1.91. The molecule has 5 nitrogen and oxygen atoms in total. The molecule has 0 atom stereocenters. The van der Waals surface area contributed by atoms with Crippen LogP contribution in [0, 0.1) is 0 Å². The molecular formula is C16H17N3O2S. The molecule has 1 fully saturated rings. The number of nitrogens with zero attached hydrogens (tertiary/aromatic N) is 2. The average Bonchev–Trinajstić information content (AvgIpc) is 3.33. The molecule has 1 aromatic carbocycles. The van der Waals surface area contributed by atoms with Crippen molar-refractivity contribution in [2.45, 2.75) is 30.3 Å². The summed E-state index contributed by atoms with van der Waals surface area (Å²) in [5, 5.41) is 7.16. The lowest BCUT2D eigenvalue weighted by atomic mass is 10.1. The quantitative estimate of drug-likeness (QED) is 0.856. The monoisotopic (exact) mass is 315 g/mol. The molecule has 1 saturated carbocycles. The predicted molar refractivity (Wildman–Crippen MR) is 86.9 cm³/mol. The van der Waals surface area contributed by atoms with Crippen LogP contribution in [0.1, 0.15) is 12.8 Å². The van der Waals surface area contributed by atoms with Gasteiger partial charge in [-0.15, -0.1) is 11.8 Å². The van der Waals surface area contributed by atoms with Crippen LogP contribution in [0.25, 0.3) is 11.3 Å². The molecule has 3 rings (SSSR count). The Balaban J connectivity index is 1.81. The van der Waals surface area contributed by atoms with Crippen LogP contribution in [0.3, 0.4) is 0 Å². The number of rotatable bonds is 5. The molecule has 0 aliphatic heterocycles. The molecule has 0 spiro atoms. The molecular weight excluding hydrogens is 298 g/mol. The highest BCUT2D eigenvalue weighted by molar-refractivity contribution is 7.98. The third kappa shape index (κ3) is 3.57. The van der Waals surface area contributed by atoms with Gasteiger partial charge in [0.2, 0.25) is 5.91 Å². The Labute approximate surface area is 132 Å². The van der Waals surface area contributed by atoms with E-state index in [-0.39, 0.29) is 24.1 Å². The van der Waals surface area contributed by atoms with Crippen molar-refractivity contribution in [2.24, 2.45) is 0 Å². The highest BCUT2D eigenvalue weighted by Crippen LogP contribution is 2.21. The highest BCUT2D eigenvalue weighted by atomic mass is 32.2. The number of hydrogen-bond acceptors (Lipinski definition) is 4. The Morgan fingerprint density at radius 2 is 2.00 bits per heavy atom. The van der Waals surface area contributed by atoms with Gasteiger partial charge in [-0.3, -0.25) is 9.59 Å². The highest BCUT2D eigenvalue weighted by Gasteiger charge is 2.23. The minimum Gasteiger partial charge on any atom is -0.352 e. The first-order valence-electron chi connectivity index (χ1n) is 7.17. The number of aromatic nitrogens is 2. The second kappa shape index (κ2) is 6.36. The fourth-order valence-corrected chi connectivity index (χ4v) is 2.52. The molecule has 0 radical (unpaired) electrons.